The average Bonchev–Trinajstić information content (AvgIpc) is 2.59. The highest BCUT2D eigenvalue weighted by Crippen LogP contribution is 2.35. The average molecular weight is 326 g/mol. The molecule has 0 unspecified atom stereocenters. The lowest BCUT2D eigenvalue weighted by Gasteiger charge is -2.10. The van der Waals surface area contributed by atoms with Gasteiger partial charge in [0.25, 0.3) is 0 Å². The lowest BCUT2D eigenvalue weighted by Crippen LogP contribution is -2.04. The molecule has 1 aromatic rings. The molecule has 0 bridgehead atoms. The lowest BCUT2D eigenvalue weighted by atomic mass is 10.1. The number of ketones is 1. The van der Waals surface area contributed by atoms with Crippen LogP contribution < -0.4 is 9.47 Å². The van der Waals surface area contributed by atoms with E-state index in [9.17, 15) is 4.79 Å². The number of allylic oxidation sites excluding steroid dienone is 1. The van der Waals surface area contributed by atoms with Crippen molar-refractivity contribution in [2.75, 3.05) is 27.3 Å². The highest BCUT2D eigenvalue weighted by molar-refractivity contribution is 9.10. The summed E-state index contributed by atoms with van der Waals surface area (Å²) < 4.78 is 11.9. The van der Waals surface area contributed by atoms with Crippen molar-refractivity contribution in [2.24, 2.45) is 0 Å². The Bertz CT molecular complexity index is 512. The molecule has 1 aliphatic heterocycles. The molecule has 0 radical (unpaired) electrons. The second-order valence-electron chi connectivity index (χ2n) is 4.47. The summed E-state index contributed by atoms with van der Waals surface area (Å²) in [4.78, 5) is 13.9. The number of fused-ring (bicyclic) bond motifs is 1. The predicted octanol–water partition coefficient (Wildman–Crippen LogP) is 2.87. The van der Waals surface area contributed by atoms with Crippen LogP contribution in [-0.4, -0.2) is 38.0 Å². The number of benzene rings is 1. The largest absolute Gasteiger partial charge is 0.490 e. The van der Waals surface area contributed by atoms with Crippen molar-refractivity contribution in [3.63, 3.8) is 0 Å². The fraction of sp³-hybridized carbons (Fsp3) is 0.357. The molecular formula is C14H16BrNO3. The summed E-state index contributed by atoms with van der Waals surface area (Å²) in [6, 6.07) is 3.52. The molecule has 0 aromatic heterocycles. The summed E-state index contributed by atoms with van der Waals surface area (Å²) in [5, 5.41) is 0. The number of hydrogen-bond acceptors (Lipinski definition) is 4. The van der Waals surface area contributed by atoms with Gasteiger partial charge in [0.15, 0.2) is 17.3 Å². The molecule has 0 N–H and O–H groups in total. The third-order valence-corrected chi connectivity index (χ3v) is 3.28. The van der Waals surface area contributed by atoms with Crippen LogP contribution in [0.1, 0.15) is 16.8 Å². The molecule has 0 saturated heterocycles. The maximum absolute atomic E-state index is 12.1. The van der Waals surface area contributed by atoms with Crippen LogP contribution in [0.4, 0.5) is 0 Å². The van der Waals surface area contributed by atoms with Gasteiger partial charge in [-0.05, 0) is 28.1 Å². The van der Waals surface area contributed by atoms with Gasteiger partial charge in [-0.25, -0.2) is 0 Å². The Morgan fingerprint density at radius 1 is 1.26 bits per heavy atom. The normalized spacial score (nSPS) is 14.3. The van der Waals surface area contributed by atoms with Crippen LogP contribution in [0.2, 0.25) is 0 Å². The number of hydrogen-bond donors (Lipinski definition) is 0. The van der Waals surface area contributed by atoms with Crippen LogP contribution in [0.5, 0.6) is 11.5 Å². The number of ether oxygens (including phenoxy) is 2. The first-order chi connectivity index (χ1) is 9.08. The Morgan fingerprint density at radius 2 is 1.89 bits per heavy atom. The van der Waals surface area contributed by atoms with Gasteiger partial charge in [0.1, 0.15) is 0 Å². The molecule has 102 valence electrons. The molecule has 4 nitrogen and oxygen atoms in total. The van der Waals surface area contributed by atoms with Crippen LogP contribution >= 0.6 is 15.9 Å². The second kappa shape index (κ2) is 6.10. The van der Waals surface area contributed by atoms with Crippen LogP contribution in [0.25, 0.3) is 0 Å². The lowest BCUT2D eigenvalue weighted by molar-refractivity contribution is 0.104. The van der Waals surface area contributed by atoms with E-state index in [1.54, 1.807) is 18.3 Å². The first kappa shape index (κ1) is 13.9. The molecule has 0 aliphatic carbocycles. The van der Waals surface area contributed by atoms with Crippen molar-refractivity contribution in [3.8, 4) is 11.5 Å². The third-order valence-electron chi connectivity index (χ3n) is 2.63. The molecule has 19 heavy (non-hydrogen) atoms. The van der Waals surface area contributed by atoms with Crippen molar-refractivity contribution in [3.05, 3.63) is 34.4 Å². The van der Waals surface area contributed by atoms with Crippen LogP contribution in [-0.2, 0) is 0 Å². The molecule has 0 spiro atoms. The van der Waals surface area contributed by atoms with Crippen molar-refractivity contribution in [2.45, 2.75) is 6.42 Å². The summed E-state index contributed by atoms with van der Waals surface area (Å²) in [6.45, 7) is 1.24. The van der Waals surface area contributed by atoms with E-state index in [2.05, 4.69) is 15.9 Å². The number of halogens is 1. The number of carbonyl (C=O) groups excluding carboxylic acids is 1. The number of carbonyl (C=O) groups is 1. The Morgan fingerprint density at radius 3 is 2.53 bits per heavy atom. The SMILES string of the molecule is CN(C)/C=C/C(=O)c1cc2c(cc1Br)OCCCO2. The van der Waals surface area contributed by atoms with E-state index in [1.807, 2.05) is 19.0 Å². The van der Waals surface area contributed by atoms with Crippen LogP contribution in [0.15, 0.2) is 28.9 Å². The molecule has 0 fully saturated rings. The number of rotatable bonds is 3. The van der Waals surface area contributed by atoms with E-state index in [-0.39, 0.29) is 5.78 Å². The Kier molecular flexibility index (Phi) is 4.47. The molecule has 1 heterocycles. The standard InChI is InChI=1S/C14H16BrNO3/c1-16(2)5-4-12(17)10-8-13-14(9-11(10)15)19-7-3-6-18-13/h4-5,8-9H,3,6-7H2,1-2H3/b5-4+. The maximum atomic E-state index is 12.1. The van der Waals surface area contributed by atoms with E-state index in [4.69, 9.17) is 9.47 Å². The van der Waals surface area contributed by atoms with Gasteiger partial charge >= 0.3 is 0 Å². The monoisotopic (exact) mass is 325 g/mol. The minimum Gasteiger partial charge on any atom is -0.490 e. The minimum atomic E-state index is -0.0729. The fourth-order valence-corrected chi connectivity index (χ4v) is 2.20. The molecule has 0 saturated carbocycles. The molecule has 1 aromatic carbocycles. The van der Waals surface area contributed by atoms with Gasteiger partial charge in [-0.3, -0.25) is 4.79 Å². The fourth-order valence-electron chi connectivity index (χ4n) is 1.68. The topological polar surface area (TPSA) is 38.8 Å². The smallest absolute Gasteiger partial charge is 0.188 e. The molecule has 5 heteroatoms. The highest BCUT2D eigenvalue weighted by atomic mass is 79.9. The third kappa shape index (κ3) is 3.50. The van der Waals surface area contributed by atoms with Gasteiger partial charge in [0.2, 0.25) is 0 Å². The minimum absolute atomic E-state index is 0.0729. The molecule has 0 amide bonds. The predicted molar refractivity (Wildman–Crippen MR) is 76.9 cm³/mol. The van der Waals surface area contributed by atoms with Crippen molar-refractivity contribution >= 4 is 21.7 Å². The Balaban J connectivity index is 2.31. The quantitative estimate of drug-likeness (QED) is 0.632. The van der Waals surface area contributed by atoms with Crippen molar-refractivity contribution in [1.82, 2.24) is 4.90 Å². The summed E-state index contributed by atoms with van der Waals surface area (Å²) in [5.74, 6) is 1.23. The molecule has 1 aliphatic rings. The molecular weight excluding hydrogens is 310 g/mol. The zero-order valence-electron chi connectivity index (χ0n) is 11.0. The molecule has 0 atom stereocenters. The summed E-state index contributed by atoms with van der Waals surface area (Å²) in [6.07, 6.45) is 4.10. The van der Waals surface area contributed by atoms with Crippen molar-refractivity contribution in [1.29, 1.82) is 0 Å². The van der Waals surface area contributed by atoms with Gasteiger partial charge in [-0.15, -0.1) is 0 Å². The number of nitrogens with zero attached hydrogens (tertiary/aromatic N) is 1. The van der Waals surface area contributed by atoms with Gasteiger partial charge in [0, 0.05) is 42.8 Å². The van der Waals surface area contributed by atoms with Crippen LogP contribution in [0, 0.1) is 0 Å². The summed E-state index contributed by atoms with van der Waals surface area (Å²) >= 11 is 3.40. The molecule has 2 rings (SSSR count). The second-order valence-corrected chi connectivity index (χ2v) is 5.33. The van der Waals surface area contributed by atoms with E-state index >= 15 is 0 Å². The van der Waals surface area contributed by atoms with Crippen molar-refractivity contribution < 1.29 is 14.3 Å². The van der Waals surface area contributed by atoms with E-state index < -0.39 is 0 Å². The highest BCUT2D eigenvalue weighted by Gasteiger charge is 2.16. The van der Waals surface area contributed by atoms with Gasteiger partial charge in [-0.2, -0.15) is 0 Å². The van der Waals surface area contributed by atoms with E-state index in [0.717, 1.165) is 6.42 Å². The van der Waals surface area contributed by atoms with E-state index in [0.29, 0.717) is 34.7 Å². The van der Waals surface area contributed by atoms with Gasteiger partial charge in [0.05, 0.1) is 13.2 Å². The summed E-state index contributed by atoms with van der Waals surface area (Å²) in [7, 11) is 3.74. The zero-order chi connectivity index (χ0) is 13.8. The van der Waals surface area contributed by atoms with Gasteiger partial charge < -0.3 is 14.4 Å². The first-order valence-corrected chi connectivity index (χ1v) is 6.85. The zero-order valence-corrected chi connectivity index (χ0v) is 12.6. The van der Waals surface area contributed by atoms with Crippen LogP contribution in [0.3, 0.4) is 0 Å². The summed E-state index contributed by atoms with van der Waals surface area (Å²) in [5.41, 5.74) is 0.572. The first-order valence-electron chi connectivity index (χ1n) is 6.06. The van der Waals surface area contributed by atoms with E-state index in [1.165, 1.54) is 6.08 Å². The maximum Gasteiger partial charge on any atom is 0.188 e. The van der Waals surface area contributed by atoms with Gasteiger partial charge in [-0.1, -0.05) is 0 Å². The Hall–Kier alpha value is -1.49. The Labute approximate surface area is 121 Å².